The van der Waals surface area contributed by atoms with Crippen molar-refractivity contribution in [1.82, 2.24) is 5.32 Å². The van der Waals surface area contributed by atoms with E-state index in [1.807, 2.05) is 30.3 Å². The lowest BCUT2D eigenvalue weighted by molar-refractivity contribution is -0.146. The highest BCUT2D eigenvalue weighted by Gasteiger charge is 2.24. The molecular formula is C19H25Cl2NO8. The number of benzene rings is 1. The first-order valence-electron chi connectivity index (χ1n) is 8.74. The van der Waals surface area contributed by atoms with Gasteiger partial charge in [-0.25, -0.2) is 14.4 Å². The number of carboxylic acids is 2. The second-order valence-electron chi connectivity index (χ2n) is 6.86. The predicted octanol–water partition coefficient (Wildman–Crippen LogP) is 3.36. The summed E-state index contributed by atoms with van der Waals surface area (Å²) < 4.78 is 10.1. The average molecular weight is 466 g/mol. The van der Waals surface area contributed by atoms with E-state index < -0.39 is 40.5 Å². The Hall–Kier alpha value is -2.52. The molecule has 0 aliphatic carbocycles. The highest BCUT2D eigenvalue weighted by molar-refractivity contribution is 6.52. The lowest BCUT2D eigenvalue weighted by Crippen LogP contribution is -2.43. The molecule has 11 heteroatoms. The minimum absolute atomic E-state index is 0.0812. The molecule has 0 saturated heterocycles. The van der Waals surface area contributed by atoms with E-state index in [-0.39, 0.29) is 19.4 Å². The van der Waals surface area contributed by atoms with Crippen molar-refractivity contribution in [3.63, 3.8) is 0 Å². The molecule has 1 unspecified atom stereocenters. The Labute approximate surface area is 184 Å². The Morgan fingerprint density at radius 2 is 1.57 bits per heavy atom. The molecule has 0 spiro atoms. The van der Waals surface area contributed by atoms with Crippen LogP contribution < -0.4 is 5.32 Å². The molecular weight excluding hydrogens is 441 g/mol. The van der Waals surface area contributed by atoms with Crippen LogP contribution in [0.1, 0.15) is 39.2 Å². The summed E-state index contributed by atoms with van der Waals surface area (Å²) in [4.78, 5) is 42.6. The molecule has 0 aliphatic rings. The number of carboxylic acid groups (broad SMARTS) is 2. The van der Waals surface area contributed by atoms with Crippen molar-refractivity contribution < 1.29 is 38.9 Å². The van der Waals surface area contributed by atoms with Crippen LogP contribution >= 0.6 is 23.2 Å². The van der Waals surface area contributed by atoms with Gasteiger partial charge >= 0.3 is 24.0 Å². The molecule has 0 saturated carbocycles. The van der Waals surface area contributed by atoms with Gasteiger partial charge in [-0.1, -0.05) is 53.5 Å². The van der Waals surface area contributed by atoms with Gasteiger partial charge < -0.3 is 25.0 Å². The Kier molecular flexibility index (Phi) is 12.5. The molecule has 1 amide bonds. The summed E-state index contributed by atoms with van der Waals surface area (Å²) in [6, 6.07) is 7.92. The number of ether oxygens (including phenoxy) is 2. The van der Waals surface area contributed by atoms with Crippen LogP contribution in [0.15, 0.2) is 30.3 Å². The SMILES string of the molecule is CC(C)(C)OC(=O)NC(CCC(=O)OCc1ccccc1)C(=O)O.O=C(O)C(Cl)Cl. The lowest BCUT2D eigenvalue weighted by atomic mass is 10.1. The molecule has 1 atom stereocenters. The number of aliphatic carboxylic acids is 2. The van der Waals surface area contributed by atoms with Crippen molar-refractivity contribution >= 4 is 47.2 Å². The fourth-order valence-electron chi connectivity index (χ4n) is 1.78. The van der Waals surface area contributed by atoms with Gasteiger partial charge in [0.1, 0.15) is 18.2 Å². The van der Waals surface area contributed by atoms with E-state index in [2.05, 4.69) is 5.32 Å². The Morgan fingerprint density at radius 1 is 1.03 bits per heavy atom. The average Bonchev–Trinajstić information content (AvgIpc) is 2.63. The number of rotatable bonds is 8. The standard InChI is InChI=1S/C17H23NO6.C2H2Cl2O2/c1-17(2,3)24-16(22)18-13(15(20)21)9-10-14(19)23-11-12-7-5-4-6-8-12;3-1(4)2(5)6/h4-8,13H,9-11H2,1-3H3,(H,18,22)(H,20,21);1H,(H,5,6). The third-order valence-electron chi connectivity index (χ3n) is 3.06. The van der Waals surface area contributed by atoms with Gasteiger partial charge in [-0.3, -0.25) is 4.79 Å². The zero-order chi connectivity index (χ0) is 23.3. The van der Waals surface area contributed by atoms with E-state index in [1.165, 1.54) is 0 Å². The summed E-state index contributed by atoms with van der Waals surface area (Å²) in [5.41, 5.74) is 0.106. The van der Waals surface area contributed by atoms with E-state index in [0.29, 0.717) is 0 Å². The molecule has 1 rings (SSSR count). The molecule has 0 fully saturated rings. The Bertz CT molecular complexity index is 704. The van der Waals surface area contributed by atoms with Crippen molar-refractivity contribution in [3.05, 3.63) is 35.9 Å². The van der Waals surface area contributed by atoms with Gasteiger partial charge in [0.15, 0.2) is 0 Å². The van der Waals surface area contributed by atoms with E-state index in [1.54, 1.807) is 20.8 Å². The molecule has 0 aliphatic heterocycles. The first kappa shape index (κ1) is 27.5. The summed E-state index contributed by atoms with van der Waals surface area (Å²) in [6.45, 7) is 5.13. The van der Waals surface area contributed by atoms with E-state index >= 15 is 0 Å². The predicted molar refractivity (Wildman–Crippen MR) is 109 cm³/mol. The number of esters is 1. The van der Waals surface area contributed by atoms with E-state index in [9.17, 15) is 19.2 Å². The molecule has 1 aromatic carbocycles. The number of nitrogens with one attached hydrogen (secondary N) is 1. The minimum Gasteiger partial charge on any atom is -0.480 e. The number of halogens is 2. The maximum atomic E-state index is 11.7. The number of carbonyl (C=O) groups is 4. The highest BCUT2D eigenvalue weighted by atomic mass is 35.5. The van der Waals surface area contributed by atoms with Crippen LogP contribution in [0.3, 0.4) is 0 Å². The summed E-state index contributed by atoms with van der Waals surface area (Å²) in [6.07, 6.45) is -1.05. The fraction of sp³-hybridized carbons (Fsp3) is 0.474. The van der Waals surface area contributed by atoms with Crippen LogP contribution in [-0.2, 0) is 30.5 Å². The number of hydrogen-bond acceptors (Lipinski definition) is 6. The van der Waals surface area contributed by atoms with Gasteiger partial charge in [-0.2, -0.15) is 0 Å². The van der Waals surface area contributed by atoms with Gasteiger partial charge in [0.05, 0.1) is 0 Å². The molecule has 0 aromatic heterocycles. The first-order valence-corrected chi connectivity index (χ1v) is 9.62. The number of alkyl carbamates (subject to hydrolysis) is 1. The molecule has 168 valence electrons. The summed E-state index contributed by atoms with van der Waals surface area (Å²) in [7, 11) is 0. The number of alkyl halides is 2. The van der Waals surface area contributed by atoms with E-state index in [4.69, 9.17) is 42.9 Å². The smallest absolute Gasteiger partial charge is 0.408 e. The van der Waals surface area contributed by atoms with Crippen molar-refractivity contribution in [3.8, 4) is 0 Å². The normalized spacial score (nSPS) is 11.5. The monoisotopic (exact) mass is 465 g/mol. The van der Waals surface area contributed by atoms with Crippen LogP contribution in [0.2, 0.25) is 0 Å². The van der Waals surface area contributed by atoms with Crippen molar-refractivity contribution in [2.24, 2.45) is 0 Å². The van der Waals surface area contributed by atoms with Gasteiger partial charge in [-0.15, -0.1) is 0 Å². The highest BCUT2D eigenvalue weighted by Crippen LogP contribution is 2.09. The molecule has 30 heavy (non-hydrogen) atoms. The first-order chi connectivity index (χ1) is 13.8. The minimum atomic E-state index is -1.29. The second-order valence-corrected chi connectivity index (χ2v) is 7.96. The summed E-state index contributed by atoms with van der Waals surface area (Å²) in [5.74, 6) is -2.98. The molecule has 1 aromatic rings. The number of amides is 1. The molecule has 0 bridgehead atoms. The largest absolute Gasteiger partial charge is 0.480 e. The van der Waals surface area contributed by atoms with Crippen molar-refractivity contribution in [2.75, 3.05) is 0 Å². The van der Waals surface area contributed by atoms with Crippen molar-refractivity contribution in [2.45, 2.75) is 56.7 Å². The van der Waals surface area contributed by atoms with Crippen LogP contribution in [0.4, 0.5) is 4.79 Å². The van der Waals surface area contributed by atoms with Gasteiger partial charge in [0.25, 0.3) is 0 Å². The third kappa shape index (κ3) is 14.5. The zero-order valence-corrected chi connectivity index (χ0v) is 18.3. The Morgan fingerprint density at radius 3 is 2.00 bits per heavy atom. The second kappa shape index (κ2) is 13.7. The van der Waals surface area contributed by atoms with Crippen molar-refractivity contribution in [1.29, 1.82) is 0 Å². The van der Waals surface area contributed by atoms with Gasteiger partial charge in [-0.05, 0) is 32.8 Å². The zero-order valence-electron chi connectivity index (χ0n) is 16.8. The number of carbonyl (C=O) groups excluding carboxylic acids is 2. The lowest BCUT2D eigenvalue weighted by Gasteiger charge is -2.21. The van der Waals surface area contributed by atoms with Crippen LogP contribution in [0.5, 0.6) is 0 Å². The number of hydrogen-bond donors (Lipinski definition) is 3. The van der Waals surface area contributed by atoms with Gasteiger partial charge in [0.2, 0.25) is 4.84 Å². The fourth-order valence-corrected chi connectivity index (χ4v) is 1.78. The van der Waals surface area contributed by atoms with Gasteiger partial charge in [0, 0.05) is 6.42 Å². The molecule has 3 N–H and O–H groups in total. The summed E-state index contributed by atoms with van der Waals surface area (Å²) in [5, 5.41) is 19.1. The third-order valence-corrected chi connectivity index (χ3v) is 3.43. The summed E-state index contributed by atoms with van der Waals surface area (Å²) >= 11 is 9.56. The quantitative estimate of drug-likeness (QED) is 0.392. The maximum absolute atomic E-state index is 11.7. The Balaban J connectivity index is 0.00000122. The van der Waals surface area contributed by atoms with Crippen LogP contribution in [0.25, 0.3) is 0 Å². The maximum Gasteiger partial charge on any atom is 0.408 e. The topological polar surface area (TPSA) is 139 Å². The van der Waals surface area contributed by atoms with Crippen LogP contribution in [0, 0.1) is 0 Å². The molecule has 0 heterocycles. The van der Waals surface area contributed by atoms with E-state index in [0.717, 1.165) is 5.56 Å². The van der Waals surface area contributed by atoms with Crippen LogP contribution in [-0.4, -0.2) is 50.7 Å². The molecule has 9 nitrogen and oxygen atoms in total. The molecule has 0 radical (unpaired) electrons.